The van der Waals surface area contributed by atoms with E-state index in [-0.39, 0.29) is 42.9 Å². The smallest absolute Gasteiger partial charge is 0.481 e. The van der Waals surface area contributed by atoms with Crippen LogP contribution in [0.25, 0.3) is 11.2 Å². The Kier molecular flexibility index (Phi) is 16.1. The van der Waals surface area contributed by atoms with Crippen molar-refractivity contribution in [3.05, 3.63) is 12.7 Å². The Bertz CT molecular complexity index is 1920. The molecule has 0 saturated carbocycles. The van der Waals surface area contributed by atoms with Crippen LogP contribution < -0.4 is 16.4 Å². The molecule has 3 heterocycles. The van der Waals surface area contributed by atoms with Crippen molar-refractivity contribution in [3.63, 3.8) is 0 Å². The first kappa shape index (κ1) is 48.0. The molecular weight excluding hydrogens is 835 g/mol. The number of nitrogen functional groups attached to an aromatic ring is 1. The molecule has 30 heteroatoms. The number of carbonyl (C=O) groups is 4. The van der Waals surface area contributed by atoms with E-state index in [4.69, 9.17) is 24.6 Å². The molecule has 2 amide bonds. The highest BCUT2D eigenvalue weighted by Crippen LogP contribution is 2.61. The summed E-state index contributed by atoms with van der Waals surface area (Å²) < 4.78 is 61.9. The van der Waals surface area contributed by atoms with Gasteiger partial charge in [-0.3, -0.25) is 37.3 Å². The highest BCUT2D eigenvalue weighted by molar-refractivity contribution is 7.61. The number of aliphatic carboxylic acids is 1. The van der Waals surface area contributed by atoms with Crippen molar-refractivity contribution < 1.29 is 95.5 Å². The molecule has 1 fully saturated rings. The number of anilines is 1. The molecule has 2 aromatic rings. The van der Waals surface area contributed by atoms with Gasteiger partial charge in [0.05, 0.1) is 31.6 Å². The quantitative estimate of drug-likeness (QED) is 0.0537. The van der Waals surface area contributed by atoms with Gasteiger partial charge in [-0.2, -0.15) is 4.31 Å². The molecule has 12 N–H and O–H groups in total. The number of carboxylic acid groups (broad SMARTS) is 1. The van der Waals surface area contributed by atoms with Gasteiger partial charge in [-0.15, -0.1) is 0 Å². The third-order valence-corrected chi connectivity index (χ3v) is 11.0. The number of amides is 2. The van der Waals surface area contributed by atoms with Gasteiger partial charge in [0.25, 0.3) is 0 Å². The number of hydrogen-bond donors (Lipinski definition) is 11. The number of rotatable bonds is 23. The van der Waals surface area contributed by atoms with Crippen LogP contribution in [0.3, 0.4) is 0 Å². The molecule has 2 aromatic heterocycles. The number of phosphoric ester groups is 3. The molecule has 3 rings (SSSR count). The van der Waals surface area contributed by atoms with Crippen molar-refractivity contribution in [2.75, 3.05) is 32.0 Å². The van der Waals surface area contributed by atoms with Gasteiger partial charge in [-0.05, 0) is 6.92 Å². The zero-order valence-electron chi connectivity index (χ0n) is 30.4. The minimum Gasteiger partial charge on any atom is -0.481 e. The Morgan fingerprint density at radius 1 is 0.982 bits per heavy atom. The standard InChI is InChI=1S/C27H44N7O20P3/c1-26(2,21(40)24(41)30-7-5-16(36)29-6-4-14(35)8-27(3,42)9-17(37)38)11-51-57(48,49)54-56(46,47)50-10-15-20(53-55(43,44)45)19(39)25(52-15)34-13-33-18-22(28)31-12-32-23(18)34/h12-13,15,19-21,25,39-40,42H,4-11H2,1-3H3,(H,29,36)(H,30,41)(H,37,38)(H,46,47)(H,48,49)(H2,28,31,32)(H2,43,44,45). The fourth-order valence-corrected chi connectivity index (χ4v) is 8.01. The topological polar surface area (TPSA) is 421 Å². The van der Waals surface area contributed by atoms with E-state index in [1.165, 1.54) is 20.8 Å². The number of aliphatic hydroxyl groups excluding tert-OH is 2. The van der Waals surface area contributed by atoms with Gasteiger partial charge in [-0.25, -0.2) is 28.6 Å². The lowest BCUT2D eigenvalue weighted by Gasteiger charge is -2.30. The molecule has 57 heavy (non-hydrogen) atoms. The first-order chi connectivity index (χ1) is 26.1. The van der Waals surface area contributed by atoms with E-state index in [9.17, 15) is 67.8 Å². The van der Waals surface area contributed by atoms with Crippen LogP contribution in [0.5, 0.6) is 0 Å². The molecule has 322 valence electrons. The summed E-state index contributed by atoms with van der Waals surface area (Å²) in [4.78, 5) is 98.2. The summed E-state index contributed by atoms with van der Waals surface area (Å²) >= 11 is 0. The molecule has 1 aliphatic heterocycles. The van der Waals surface area contributed by atoms with E-state index < -0.39 is 115 Å². The Balaban J connectivity index is 1.49. The number of carbonyl (C=O) groups excluding carboxylic acids is 3. The summed E-state index contributed by atoms with van der Waals surface area (Å²) in [5.74, 6) is -3.52. The SMILES string of the molecule is CC(O)(CC(=O)O)CC(=O)CCNC(=O)CCNC(=O)C(O)C(C)(C)COP(=O)(O)OP(=O)(O)OCC1OC(n2cnc3c(N)ncnc32)C(O)C1OP(=O)(O)O. The van der Waals surface area contributed by atoms with Gasteiger partial charge in [0.2, 0.25) is 11.8 Å². The van der Waals surface area contributed by atoms with Gasteiger partial charge in [0.1, 0.15) is 42.0 Å². The number of hydrogen-bond acceptors (Lipinski definition) is 19. The molecular formula is C27H44N7O20P3. The van der Waals surface area contributed by atoms with Crippen molar-refractivity contribution >= 4 is 64.0 Å². The van der Waals surface area contributed by atoms with E-state index in [0.29, 0.717) is 0 Å². The monoisotopic (exact) mass is 879 g/mol. The molecule has 8 unspecified atom stereocenters. The first-order valence-corrected chi connectivity index (χ1v) is 21.0. The fourth-order valence-electron chi connectivity index (χ4n) is 5.18. The number of Topliss-reactive ketones (excluding diaryl/α,β-unsaturated/α-hetero) is 1. The average molecular weight is 880 g/mol. The maximum absolute atomic E-state index is 12.7. The van der Waals surface area contributed by atoms with Gasteiger partial charge in [0.15, 0.2) is 17.7 Å². The Morgan fingerprint density at radius 2 is 1.61 bits per heavy atom. The molecule has 8 atom stereocenters. The van der Waals surface area contributed by atoms with Crippen LogP contribution in [0.1, 0.15) is 52.7 Å². The zero-order chi connectivity index (χ0) is 43.1. The number of phosphoric acid groups is 3. The second-order valence-electron chi connectivity index (χ2n) is 13.6. The third-order valence-electron chi connectivity index (χ3n) is 7.91. The zero-order valence-corrected chi connectivity index (χ0v) is 33.1. The van der Waals surface area contributed by atoms with Gasteiger partial charge in [0, 0.05) is 37.8 Å². The van der Waals surface area contributed by atoms with E-state index in [2.05, 4.69) is 34.4 Å². The lowest BCUT2D eigenvalue weighted by atomic mass is 9.87. The number of nitrogens with two attached hydrogens (primary N) is 1. The van der Waals surface area contributed by atoms with E-state index in [1.54, 1.807) is 0 Å². The van der Waals surface area contributed by atoms with Crippen LogP contribution in [-0.4, -0.2) is 139 Å². The number of ketones is 1. The largest absolute Gasteiger partial charge is 0.481 e. The first-order valence-electron chi connectivity index (χ1n) is 16.5. The summed E-state index contributed by atoms with van der Waals surface area (Å²) in [5, 5.41) is 44.8. The van der Waals surface area contributed by atoms with Crippen LogP contribution in [0.4, 0.5) is 5.82 Å². The number of aliphatic hydroxyl groups is 3. The van der Waals surface area contributed by atoms with E-state index >= 15 is 0 Å². The average Bonchev–Trinajstić information content (AvgIpc) is 3.61. The predicted molar refractivity (Wildman–Crippen MR) is 187 cm³/mol. The highest BCUT2D eigenvalue weighted by Gasteiger charge is 2.50. The number of imidazole rings is 1. The number of fused-ring (bicyclic) bond motifs is 1. The summed E-state index contributed by atoms with van der Waals surface area (Å²) in [6.45, 7) is 1.05. The Morgan fingerprint density at radius 3 is 2.25 bits per heavy atom. The number of nitrogens with zero attached hydrogens (tertiary/aromatic N) is 4. The van der Waals surface area contributed by atoms with Crippen LogP contribution in [0.2, 0.25) is 0 Å². The Labute approximate surface area is 322 Å². The third kappa shape index (κ3) is 14.8. The van der Waals surface area contributed by atoms with Crippen LogP contribution in [-0.2, 0) is 55.5 Å². The van der Waals surface area contributed by atoms with Gasteiger partial charge in [-0.1, -0.05) is 13.8 Å². The number of carboxylic acids is 1. The number of nitrogens with one attached hydrogen (secondary N) is 2. The fraction of sp³-hybridized carbons (Fsp3) is 0.667. The number of aromatic nitrogens is 4. The normalized spacial score (nSPS) is 22.6. The molecule has 0 radical (unpaired) electrons. The van der Waals surface area contributed by atoms with Gasteiger partial charge >= 0.3 is 29.4 Å². The maximum Gasteiger partial charge on any atom is 0.481 e. The molecule has 0 aromatic carbocycles. The van der Waals surface area contributed by atoms with E-state index in [1.807, 2.05) is 0 Å². The van der Waals surface area contributed by atoms with Gasteiger partial charge < -0.3 is 61.1 Å². The number of ether oxygens (including phenoxy) is 1. The summed E-state index contributed by atoms with van der Waals surface area (Å²) in [7, 11) is -16.5. The second-order valence-corrected chi connectivity index (χ2v) is 17.8. The van der Waals surface area contributed by atoms with Crippen molar-refractivity contribution in [2.24, 2.45) is 5.41 Å². The van der Waals surface area contributed by atoms with Crippen molar-refractivity contribution in [2.45, 2.75) is 82.7 Å². The van der Waals surface area contributed by atoms with Crippen molar-refractivity contribution in [1.29, 1.82) is 0 Å². The molecule has 1 aliphatic rings. The minimum absolute atomic E-state index is 0.0131. The highest BCUT2D eigenvalue weighted by atomic mass is 31.3. The lowest BCUT2D eigenvalue weighted by molar-refractivity contribution is -0.143. The predicted octanol–water partition coefficient (Wildman–Crippen LogP) is -2.02. The molecule has 0 bridgehead atoms. The molecule has 0 spiro atoms. The maximum atomic E-state index is 12.7. The van der Waals surface area contributed by atoms with E-state index in [0.717, 1.165) is 17.2 Å². The summed E-state index contributed by atoms with van der Waals surface area (Å²) in [5.41, 5.74) is 2.39. The second kappa shape index (κ2) is 19.1. The lowest BCUT2D eigenvalue weighted by Crippen LogP contribution is -2.46. The van der Waals surface area contributed by atoms with Crippen molar-refractivity contribution in [1.82, 2.24) is 30.2 Å². The Hall–Kier alpha value is -3.36. The molecule has 1 saturated heterocycles. The van der Waals surface area contributed by atoms with Crippen molar-refractivity contribution in [3.8, 4) is 0 Å². The minimum atomic E-state index is -5.60. The van der Waals surface area contributed by atoms with Crippen LogP contribution >= 0.6 is 23.5 Å². The summed E-state index contributed by atoms with van der Waals surface area (Å²) in [6, 6.07) is 0. The van der Waals surface area contributed by atoms with Crippen LogP contribution in [0, 0.1) is 5.41 Å². The summed E-state index contributed by atoms with van der Waals surface area (Å²) in [6.07, 6.45) is -8.55. The molecule has 27 nitrogen and oxygen atoms in total. The van der Waals surface area contributed by atoms with Crippen LogP contribution in [0.15, 0.2) is 12.7 Å². The molecule has 0 aliphatic carbocycles.